The van der Waals surface area contributed by atoms with Crippen molar-refractivity contribution in [2.45, 2.75) is 17.9 Å². The summed E-state index contributed by atoms with van der Waals surface area (Å²) in [7, 11) is -1.88. The van der Waals surface area contributed by atoms with Crippen molar-refractivity contribution in [1.29, 1.82) is 5.26 Å². The molecule has 9 heteroatoms. The molecule has 0 saturated carbocycles. The fourth-order valence-electron chi connectivity index (χ4n) is 2.97. The average molecular weight is 382 g/mol. The molecule has 0 spiro atoms. The van der Waals surface area contributed by atoms with Crippen molar-refractivity contribution in [1.82, 2.24) is 19.2 Å². The van der Waals surface area contributed by atoms with E-state index in [-0.39, 0.29) is 23.3 Å². The standard InChI is InChI=1S/C16H19N5O2S.ClH/c1-12-3-4-13(10-17)9-15(12)24(22,23)21-8-5-18-11-14(21)16-19-6-7-20(16)2;/h3-4,6-7,9,14,18H,5,8,11H2,1-2H3;1H. The van der Waals surface area contributed by atoms with E-state index in [2.05, 4.69) is 10.3 Å². The molecule has 0 bridgehead atoms. The Kier molecular flexibility index (Phi) is 5.85. The number of nitrogens with one attached hydrogen (secondary N) is 1. The second-order valence-electron chi connectivity index (χ2n) is 5.82. The molecule has 1 aliphatic rings. The largest absolute Gasteiger partial charge is 0.337 e. The van der Waals surface area contributed by atoms with Gasteiger partial charge in [-0.2, -0.15) is 9.57 Å². The lowest BCUT2D eigenvalue weighted by Gasteiger charge is -2.35. The Morgan fingerprint density at radius 2 is 2.16 bits per heavy atom. The molecule has 1 saturated heterocycles. The quantitative estimate of drug-likeness (QED) is 0.866. The zero-order chi connectivity index (χ0) is 17.3. The first-order valence-electron chi connectivity index (χ1n) is 7.65. The van der Waals surface area contributed by atoms with Crippen molar-refractivity contribution in [3.63, 3.8) is 0 Å². The summed E-state index contributed by atoms with van der Waals surface area (Å²) >= 11 is 0. The highest BCUT2D eigenvalue weighted by Crippen LogP contribution is 2.29. The van der Waals surface area contributed by atoms with Gasteiger partial charge in [0, 0.05) is 39.1 Å². The Morgan fingerprint density at radius 1 is 1.40 bits per heavy atom. The molecule has 1 fully saturated rings. The number of hydrogen-bond acceptors (Lipinski definition) is 5. The predicted molar refractivity (Wildman–Crippen MR) is 95.9 cm³/mol. The molecule has 1 aliphatic heterocycles. The number of nitriles is 1. The summed E-state index contributed by atoms with van der Waals surface area (Å²) in [6.45, 7) is 3.18. The van der Waals surface area contributed by atoms with Crippen LogP contribution in [0.1, 0.15) is 23.0 Å². The summed E-state index contributed by atoms with van der Waals surface area (Å²) in [5.74, 6) is 0.694. The third-order valence-electron chi connectivity index (χ3n) is 4.25. The number of rotatable bonds is 3. The molecule has 134 valence electrons. The van der Waals surface area contributed by atoms with E-state index in [1.54, 1.807) is 31.5 Å². The van der Waals surface area contributed by atoms with Crippen LogP contribution < -0.4 is 5.32 Å². The van der Waals surface area contributed by atoms with Crippen LogP contribution in [0, 0.1) is 18.3 Å². The lowest BCUT2D eigenvalue weighted by Crippen LogP contribution is -2.49. The minimum Gasteiger partial charge on any atom is -0.337 e. The molecule has 0 radical (unpaired) electrons. The SMILES string of the molecule is Cc1ccc(C#N)cc1S(=O)(=O)N1CCNCC1c1nccn1C.Cl. The summed E-state index contributed by atoms with van der Waals surface area (Å²) in [5, 5.41) is 12.3. The molecule has 7 nitrogen and oxygen atoms in total. The van der Waals surface area contributed by atoms with Gasteiger partial charge in [0.1, 0.15) is 5.82 Å². The number of aromatic nitrogens is 2. The average Bonchev–Trinajstić information content (AvgIpc) is 3.01. The van der Waals surface area contributed by atoms with Crippen molar-refractivity contribution in [3.8, 4) is 6.07 Å². The van der Waals surface area contributed by atoms with Gasteiger partial charge in [-0.3, -0.25) is 0 Å². The van der Waals surface area contributed by atoms with Gasteiger partial charge >= 0.3 is 0 Å². The van der Waals surface area contributed by atoms with E-state index >= 15 is 0 Å². The monoisotopic (exact) mass is 381 g/mol. The number of nitrogens with zero attached hydrogens (tertiary/aromatic N) is 4. The molecular weight excluding hydrogens is 362 g/mol. The number of hydrogen-bond donors (Lipinski definition) is 1. The van der Waals surface area contributed by atoms with Crippen molar-refractivity contribution >= 4 is 22.4 Å². The van der Waals surface area contributed by atoms with Crippen LogP contribution in [0.5, 0.6) is 0 Å². The van der Waals surface area contributed by atoms with Gasteiger partial charge in [-0.05, 0) is 24.6 Å². The van der Waals surface area contributed by atoms with Crippen LogP contribution in [0.3, 0.4) is 0 Å². The number of sulfonamides is 1. The highest BCUT2D eigenvalue weighted by atomic mass is 35.5. The van der Waals surface area contributed by atoms with Crippen LogP contribution in [-0.4, -0.2) is 41.9 Å². The minimum absolute atomic E-state index is 0. The Balaban J connectivity index is 0.00000225. The van der Waals surface area contributed by atoms with E-state index in [0.29, 0.717) is 36.6 Å². The van der Waals surface area contributed by atoms with Crippen molar-refractivity contribution in [3.05, 3.63) is 47.5 Å². The van der Waals surface area contributed by atoms with Crippen LogP contribution in [0.15, 0.2) is 35.5 Å². The van der Waals surface area contributed by atoms with E-state index in [0.717, 1.165) is 0 Å². The minimum atomic E-state index is -3.73. The van der Waals surface area contributed by atoms with Crippen molar-refractivity contribution in [2.75, 3.05) is 19.6 Å². The van der Waals surface area contributed by atoms with Crippen LogP contribution in [0.2, 0.25) is 0 Å². The maximum Gasteiger partial charge on any atom is 0.244 e. The smallest absolute Gasteiger partial charge is 0.244 e. The van der Waals surface area contributed by atoms with Crippen LogP contribution in [0.4, 0.5) is 0 Å². The van der Waals surface area contributed by atoms with E-state index in [9.17, 15) is 8.42 Å². The molecular formula is C16H20ClN5O2S. The lowest BCUT2D eigenvalue weighted by atomic mass is 10.2. The van der Waals surface area contributed by atoms with Gasteiger partial charge in [-0.15, -0.1) is 12.4 Å². The second-order valence-corrected chi connectivity index (χ2v) is 7.68. The number of piperazine rings is 1. The molecule has 0 amide bonds. The third kappa shape index (κ3) is 3.55. The first kappa shape index (κ1) is 19.4. The van der Waals surface area contributed by atoms with E-state index in [4.69, 9.17) is 5.26 Å². The number of aryl methyl sites for hydroxylation is 2. The molecule has 0 aliphatic carbocycles. The highest BCUT2D eigenvalue weighted by molar-refractivity contribution is 7.89. The summed E-state index contributed by atoms with van der Waals surface area (Å²) in [4.78, 5) is 4.50. The first-order valence-corrected chi connectivity index (χ1v) is 9.09. The maximum atomic E-state index is 13.2. The van der Waals surface area contributed by atoms with E-state index in [1.807, 2.05) is 17.7 Å². The van der Waals surface area contributed by atoms with Gasteiger partial charge in [0.15, 0.2) is 0 Å². The molecule has 25 heavy (non-hydrogen) atoms. The molecule has 3 rings (SSSR count). The number of imidazole rings is 1. The normalized spacial score (nSPS) is 18.4. The number of benzene rings is 1. The molecule has 1 aromatic carbocycles. The maximum absolute atomic E-state index is 13.2. The Labute approximate surface area is 153 Å². The van der Waals surface area contributed by atoms with Gasteiger partial charge in [0.2, 0.25) is 10.0 Å². The fraction of sp³-hybridized carbons (Fsp3) is 0.375. The van der Waals surface area contributed by atoms with E-state index in [1.165, 1.54) is 10.4 Å². The molecule has 1 aromatic heterocycles. The second kappa shape index (κ2) is 7.54. The predicted octanol–water partition coefficient (Wildman–Crippen LogP) is 1.36. The third-order valence-corrected chi connectivity index (χ3v) is 6.30. The Morgan fingerprint density at radius 3 is 2.80 bits per heavy atom. The molecule has 1 N–H and O–H groups in total. The van der Waals surface area contributed by atoms with Crippen LogP contribution >= 0.6 is 12.4 Å². The van der Waals surface area contributed by atoms with Crippen LogP contribution in [0.25, 0.3) is 0 Å². The summed E-state index contributed by atoms with van der Waals surface area (Å²) in [5.41, 5.74) is 0.967. The summed E-state index contributed by atoms with van der Waals surface area (Å²) < 4.78 is 29.8. The fourth-order valence-corrected chi connectivity index (χ4v) is 4.80. The molecule has 1 unspecified atom stereocenters. The first-order chi connectivity index (χ1) is 11.4. The molecule has 1 atom stereocenters. The lowest BCUT2D eigenvalue weighted by molar-refractivity contribution is 0.258. The van der Waals surface area contributed by atoms with Gasteiger partial charge in [-0.1, -0.05) is 6.07 Å². The summed E-state index contributed by atoms with van der Waals surface area (Å²) in [6, 6.07) is 6.37. The Bertz CT molecular complexity index is 903. The van der Waals surface area contributed by atoms with Crippen LogP contribution in [-0.2, 0) is 17.1 Å². The van der Waals surface area contributed by atoms with Gasteiger partial charge in [-0.25, -0.2) is 13.4 Å². The summed E-state index contributed by atoms with van der Waals surface area (Å²) in [6.07, 6.45) is 3.46. The van der Waals surface area contributed by atoms with Crippen molar-refractivity contribution < 1.29 is 8.42 Å². The zero-order valence-electron chi connectivity index (χ0n) is 14.0. The zero-order valence-corrected chi connectivity index (χ0v) is 15.6. The Hall–Kier alpha value is -1.92. The number of halogens is 1. The van der Waals surface area contributed by atoms with E-state index < -0.39 is 10.0 Å². The highest BCUT2D eigenvalue weighted by Gasteiger charge is 2.37. The topological polar surface area (TPSA) is 91.0 Å². The van der Waals surface area contributed by atoms with Gasteiger partial charge in [0.25, 0.3) is 0 Å². The van der Waals surface area contributed by atoms with Gasteiger partial charge < -0.3 is 9.88 Å². The molecule has 2 aromatic rings. The molecule has 2 heterocycles. The van der Waals surface area contributed by atoms with Gasteiger partial charge in [0.05, 0.1) is 22.6 Å². The van der Waals surface area contributed by atoms with Crippen molar-refractivity contribution in [2.24, 2.45) is 7.05 Å².